The molecule has 94 valence electrons. The van der Waals surface area contributed by atoms with Crippen LogP contribution in [0, 0.1) is 6.92 Å². The Morgan fingerprint density at radius 2 is 2.33 bits per heavy atom. The number of carboxylic acid groups (broad SMARTS) is 1. The second kappa shape index (κ2) is 5.53. The molecule has 0 radical (unpaired) electrons. The van der Waals surface area contributed by atoms with E-state index in [2.05, 4.69) is 26.1 Å². The maximum atomic E-state index is 10.6. The highest BCUT2D eigenvalue weighted by atomic mass is 79.9. The molecule has 18 heavy (non-hydrogen) atoms. The zero-order valence-corrected chi connectivity index (χ0v) is 11.9. The Balaban J connectivity index is 2.30. The van der Waals surface area contributed by atoms with Gasteiger partial charge in [-0.2, -0.15) is 0 Å². The van der Waals surface area contributed by atoms with E-state index in [4.69, 9.17) is 5.11 Å². The molecule has 0 saturated heterocycles. The number of aryl methyl sites for hydroxylation is 1. The highest BCUT2D eigenvalue weighted by Crippen LogP contribution is 2.23. The monoisotopic (exact) mass is 327 g/mol. The Morgan fingerprint density at radius 1 is 1.56 bits per heavy atom. The van der Waals surface area contributed by atoms with Gasteiger partial charge >= 0.3 is 5.97 Å². The number of aliphatic carboxylic acids is 1. The van der Waals surface area contributed by atoms with Crippen LogP contribution < -0.4 is 0 Å². The zero-order valence-electron chi connectivity index (χ0n) is 9.50. The molecule has 0 atom stereocenters. The average molecular weight is 328 g/mol. The molecule has 1 N–H and O–H groups in total. The van der Waals surface area contributed by atoms with E-state index in [1.165, 1.54) is 0 Å². The predicted octanol–water partition coefficient (Wildman–Crippen LogP) is 2.51. The van der Waals surface area contributed by atoms with Crippen molar-refractivity contribution in [2.24, 2.45) is 0 Å². The molecule has 0 aliphatic heterocycles. The van der Waals surface area contributed by atoms with Crippen molar-refractivity contribution in [3.63, 3.8) is 0 Å². The molecule has 0 amide bonds. The molecule has 0 unspecified atom stereocenters. The predicted molar refractivity (Wildman–Crippen MR) is 72.2 cm³/mol. The molecular weight excluding hydrogens is 318 g/mol. The van der Waals surface area contributed by atoms with E-state index >= 15 is 0 Å². The second-order valence-electron chi connectivity index (χ2n) is 3.60. The molecule has 0 bridgehead atoms. The molecule has 0 aliphatic rings. The molecule has 0 aliphatic carbocycles. The van der Waals surface area contributed by atoms with Crippen molar-refractivity contribution in [2.75, 3.05) is 5.75 Å². The van der Waals surface area contributed by atoms with Crippen LogP contribution in [0.15, 0.2) is 34.2 Å². The van der Waals surface area contributed by atoms with Crippen LogP contribution >= 0.6 is 27.7 Å². The number of nitrogens with zero attached hydrogens (tertiary/aromatic N) is 3. The lowest BCUT2D eigenvalue weighted by Gasteiger charge is -2.07. The van der Waals surface area contributed by atoms with Gasteiger partial charge in [0.15, 0.2) is 5.16 Å². The summed E-state index contributed by atoms with van der Waals surface area (Å²) in [7, 11) is 0. The standard InChI is InChI=1S/C11H10BrN3O2S/c1-7-2-3-8(4-9(7)12)15-6-13-14-11(15)18-5-10(16)17/h2-4,6H,5H2,1H3,(H,16,17). The molecule has 0 spiro atoms. The minimum atomic E-state index is -0.875. The summed E-state index contributed by atoms with van der Waals surface area (Å²) in [6, 6.07) is 5.86. The van der Waals surface area contributed by atoms with Crippen LogP contribution in [0.4, 0.5) is 0 Å². The summed E-state index contributed by atoms with van der Waals surface area (Å²) in [5.41, 5.74) is 2.02. The lowest BCUT2D eigenvalue weighted by atomic mass is 10.2. The molecular formula is C11H10BrN3O2S. The van der Waals surface area contributed by atoms with Gasteiger partial charge in [-0.05, 0) is 24.6 Å². The molecule has 1 aromatic heterocycles. The fraction of sp³-hybridized carbons (Fsp3) is 0.182. The van der Waals surface area contributed by atoms with Gasteiger partial charge in [-0.1, -0.05) is 33.8 Å². The Bertz CT molecular complexity index is 585. The molecule has 7 heteroatoms. The second-order valence-corrected chi connectivity index (χ2v) is 5.40. The van der Waals surface area contributed by atoms with E-state index in [-0.39, 0.29) is 5.75 Å². The normalized spacial score (nSPS) is 10.6. The van der Waals surface area contributed by atoms with Gasteiger partial charge in [0.25, 0.3) is 0 Å². The van der Waals surface area contributed by atoms with Gasteiger partial charge in [0.2, 0.25) is 0 Å². The lowest BCUT2D eigenvalue weighted by Crippen LogP contribution is -2.01. The zero-order chi connectivity index (χ0) is 13.1. The maximum Gasteiger partial charge on any atom is 0.313 e. The first-order valence-corrected chi connectivity index (χ1v) is 6.87. The van der Waals surface area contributed by atoms with E-state index in [1.807, 2.05) is 25.1 Å². The van der Waals surface area contributed by atoms with Crippen LogP contribution in [-0.2, 0) is 4.79 Å². The number of rotatable bonds is 4. The van der Waals surface area contributed by atoms with E-state index in [0.717, 1.165) is 27.5 Å². The van der Waals surface area contributed by atoms with E-state index in [9.17, 15) is 4.79 Å². The van der Waals surface area contributed by atoms with Gasteiger partial charge in [-0.15, -0.1) is 10.2 Å². The number of benzene rings is 1. The molecule has 0 saturated carbocycles. The summed E-state index contributed by atoms with van der Waals surface area (Å²) < 4.78 is 2.75. The molecule has 2 aromatic rings. The van der Waals surface area contributed by atoms with Crippen LogP contribution in [0.3, 0.4) is 0 Å². The topological polar surface area (TPSA) is 68.0 Å². The highest BCUT2D eigenvalue weighted by molar-refractivity contribution is 9.10. The van der Waals surface area contributed by atoms with Crippen LogP contribution in [0.1, 0.15) is 5.56 Å². The minimum absolute atomic E-state index is 0.0360. The first kappa shape index (κ1) is 13.1. The van der Waals surface area contributed by atoms with Crippen molar-refractivity contribution in [2.45, 2.75) is 12.1 Å². The molecule has 1 heterocycles. The smallest absolute Gasteiger partial charge is 0.313 e. The van der Waals surface area contributed by atoms with Gasteiger partial charge in [0.05, 0.1) is 11.4 Å². The quantitative estimate of drug-likeness (QED) is 0.874. The third-order valence-corrected chi connectivity index (χ3v) is 4.06. The number of thioether (sulfide) groups is 1. The Hall–Kier alpha value is -1.34. The van der Waals surface area contributed by atoms with Gasteiger partial charge < -0.3 is 5.11 Å². The Morgan fingerprint density at radius 3 is 3.00 bits per heavy atom. The first-order chi connectivity index (χ1) is 8.58. The summed E-state index contributed by atoms with van der Waals surface area (Å²) in [5, 5.41) is 17.0. The van der Waals surface area contributed by atoms with E-state index < -0.39 is 5.97 Å². The summed E-state index contributed by atoms with van der Waals surface area (Å²) >= 11 is 4.60. The van der Waals surface area contributed by atoms with Crippen LogP contribution in [0.5, 0.6) is 0 Å². The molecule has 1 aromatic carbocycles. The fourth-order valence-corrected chi connectivity index (χ4v) is 2.37. The van der Waals surface area contributed by atoms with Gasteiger partial charge in [0, 0.05) is 4.47 Å². The summed E-state index contributed by atoms with van der Waals surface area (Å²) in [6.45, 7) is 2.00. The largest absolute Gasteiger partial charge is 0.481 e. The van der Waals surface area contributed by atoms with E-state index in [1.54, 1.807) is 10.9 Å². The number of halogens is 1. The maximum absolute atomic E-state index is 10.6. The van der Waals surface area contributed by atoms with Crippen molar-refractivity contribution in [3.8, 4) is 5.69 Å². The summed E-state index contributed by atoms with van der Waals surface area (Å²) in [5.74, 6) is -0.911. The summed E-state index contributed by atoms with van der Waals surface area (Å²) in [4.78, 5) is 10.6. The average Bonchev–Trinajstić information content (AvgIpc) is 2.78. The van der Waals surface area contributed by atoms with Crippen molar-refractivity contribution in [1.29, 1.82) is 0 Å². The van der Waals surface area contributed by atoms with Gasteiger partial charge in [0.1, 0.15) is 6.33 Å². The Kier molecular flexibility index (Phi) is 4.03. The summed E-state index contributed by atoms with van der Waals surface area (Å²) in [6.07, 6.45) is 1.57. The lowest BCUT2D eigenvalue weighted by molar-refractivity contribution is -0.133. The van der Waals surface area contributed by atoms with Crippen LogP contribution in [0.25, 0.3) is 5.69 Å². The van der Waals surface area contributed by atoms with Crippen molar-refractivity contribution >= 4 is 33.7 Å². The minimum Gasteiger partial charge on any atom is -0.481 e. The van der Waals surface area contributed by atoms with Crippen LogP contribution in [-0.4, -0.2) is 31.6 Å². The molecule has 2 rings (SSSR count). The van der Waals surface area contributed by atoms with Crippen molar-refractivity contribution < 1.29 is 9.90 Å². The highest BCUT2D eigenvalue weighted by Gasteiger charge is 2.09. The number of hydrogen-bond acceptors (Lipinski definition) is 4. The van der Waals surface area contributed by atoms with Gasteiger partial charge in [-0.3, -0.25) is 9.36 Å². The number of carboxylic acids is 1. The molecule has 5 nitrogen and oxygen atoms in total. The number of hydrogen-bond donors (Lipinski definition) is 1. The third kappa shape index (κ3) is 2.91. The van der Waals surface area contributed by atoms with Crippen molar-refractivity contribution in [1.82, 2.24) is 14.8 Å². The first-order valence-electron chi connectivity index (χ1n) is 5.09. The van der Waals surface area contributed by atoms with Crippen molar-refractivity contribution in [3.05, 3.63) is 34.6 Å². The van der Waals surface area contributed by atoms with Crippen LogP contribution in [0.2, 0.25) is 0 Å². The third-order valence-electron chi connectivity index (χ3n) is 2.27. The van der Waals surface area contributed by atoms with Gasteiger partial charge in [-0.25, -0.2) is 0 Å². The number of carbonyl (C=O) groups is 1. The molecule has 0 fully saturated rings. The SMILES string of the molecule is Cc1ccc(-n2cnnc2SCC(=O)O)cc1Br. The fourth-order valence-electron chi connectivity index (χ4n) is 1.36. The van der Waals surface area contributed by atoms with E-state index in [0.29, 0.717) is 5.16 Å². The Labute approximate surface area is 116 Å². The number of aromatic nitrogens is 3.